The van der Waals surface area contributed by atoms with E-state index in [0.29, 0.717) is 30.0 Å². The van der Waals surface area contributed by atoms with Gasteiger partial charge in [-0.2, -0.15) is 5.10 Å². The number of hydrogen-bond acceptors (Lipinski definition) is 5. The molecule has 0 amide bonds. The molecule has 1 aliphatic heterocycles. The van der Waals surface area contributed by atoms with E-state index in [1.807, 2.05) is 23.1 Å². The fourth-order valence-electron chi connectivity index (χ4n) is 3.35. The van der Waals surface area contributed by atoms with E-state index in [0.717, 1.165) is 5.39 Å². The SMILES string of the molecule is FC(CN1CC[C@H](Nc2ncnc3[nH]ncc23)[C@@H](F)C1)c1ccccc1. The molecule has 0 bridgehead atoms. The zero-order valence-electron chi connectivity index (χ0n) is 14.1. The molecule has 3 heterocycles. The van der Waals surface area contributed by atoms with E-state index in [1.54, 1.807) is 18.3 Å². The lowest BCUT2D eigenvalue weighted by Crippen LogP contribution is -2.48. The van der Waals surface area contributed by atoms with Crippen molar-refractivity contribution >= 4 is 16.9 Å². The van der Waals surface area contributed by atoms with Crippen molar-refractivity contribution in [2.24, 2.45) is 0 Å². The fourth-order valence-corrected chi connectivity index (χ4v) is 3.35. The Labute approximate surface area is 149 Å². The summed E-state index contributed by atoms with van der Waals surface area (Å²) in [6, 6.07) is 8.64. The lowest BCUT2D eigenvalue weighted by molar-refractivity contribution is 0.101. The van der Waals surface area contributed by atoms with Gasteiger partial charge in [0.15, 0.2) is 5.65 Å². The van der Waals surface area contributed by atoms with Crippen LogP contribution < -0.4 is 5.32 Å². The van der Waals surface area contributed by atoms with Crippen LogP contribution in [0.5, 0.6) is 0 Å². The summed E-state index contributed by atoms with van der Waals surface area (Å²) in [7, 11) is 0. The lowest BCUT2D eigenvalue weighted by atomic mass is 10.0. The van der Waals surface area contributed by atoms with Crippen LogP contribution in [0.2, 0.25) is 0 Å². The molecule has 3 atom stereocenters. The Morgan fingerprint density at radius 1 is 1.27 bits per heavy atom. The average molecular weight is 358 g/mol. The first-order valence-electron chi connectivity index (χ1n) is 8.67. The van der Waals surface area contributed by atoms with E-state index >= 15 is 0 Å². The largest absolute Gasteiger partial charge is 0.364 e. The third kappa shape index (κ3) is 3.50. The fraction of sp³-hybridized carbons (Fsp3) is 0.389. The van der Waals surface area contributed by atoms with Crippen LogP contribution in [0, 0.1) is 0 Å². The van der Waals surface area contributed by atoms with Crippen molar-refractivity contribution in [2.75, 3.05) is 25.0 Å². The zero-order valence-corrected chi connectivity index (χ0v) is 14.1. The number of hydrogen-bond donors (Lipinski definition) is 2. The standard InChI is InChI=1S/C18H20F2N6/c19-14(12-4-2-1-3-5-12)9-26-7-6-16(15(20)10-26)24-17-13-8-23-25-18(13)22-11-21-17/h1-5,8,11,14-16H,6-7,9-10H2,(H2,21,22,23,24,25)/t14?,15-,16-/m0/s1. The molecule has 1 saturated heterocycles. The Morgan fingerprint density at radius 3 is 2.92 bits per heavy atom. The minimum Gasteiger partial charge on any atom is -0.364 e. The first-order valence-corrected chi connectivity index (χ1v) is 8.67. The lowest BCUT2D eigenvalue weighted by Gasteiger charge is -2.35. The van der Waals surface area contributed by atoms with E-state index < -0.39 is 12.3 Å². The number of anilines is 1. The molecule has 4 rings (SSSR count). The van der Waals surface area contributed by atoms with Crippen molar-refractivity contribution in [3.8, 4) is 0 Å². The van der Waals surface area contributed by atoms with Crippen LogP contribution >= 0.6 is 0 Å². The van der Waals surface area contributed by atoms with Crippen LogP contribution in [-0.4, -0.2) is 56.9 Å². The summed E-state index contributed by atoms with van der Waals surface area (Å²) in [4.78, 5) is 10.1. The van der Waals surface area contributed by atoms with E-state index in [1.165, 1.54) is 6.33 Å². The first-order chi connectivity index (χ1) is 12.7. The Balaban J connectivity index is 1.37. The van der Waals surface area contributed by atoms with Gasteiger partial charge in [0, 0.05) is 19.6 Å². The number of alkyl halides is 2. The minimum atomic E-state index is -1.11. The number of piperidine rings is 1. The van der Waals surface area contributed by atoms with E-state index in [2.05, 4.69) is 25.5 Å². The maximum Gasteiger partial charge on any atom is 0.160 e. The zero-order chi connectivity index (χ0) is 17.9. The third-order valence-electron chi connectivity index (χ3n) is 4.78. The summed E-state index contributed by atoms with van der Waals surface area (Å²) in [5.41, 5.74) is 1.24. The van der Waals surface area contributed by atoms with Gasteiger partial charge in [-0.25, -0.2) is 18.7 Å². The van der Waals surface area contributed by atoms with Crippen LogP contribution in [0.4, 0.5) is 14.6 Å². The highest BCUT2D eigenvalue weighted by Gasteiger charge is 2.31. The van der Waals surface area contributed by atoms with E-state index in [9.17, 15) is 8.78 Å². The number of benzene rings is 1. The number of aromatic nitrogens is 4. The van der Waals surface area contributed by atoms with E-state index in [4.69, 9.17) is 0 Å². The molecule has 8 heteroatoms. The minimum absolute atomic E-state index is 0.199. The van der Waals surface area contributed by atoms with Gasteiger partial charge in [0.2, 0.25) is 0 Å². The Morgan fingerprint density at radius 2 is 2.12 bits per heavy atom. The smallest absolute Gasteiger partial charge is 0.160 e. The van der Waals surface area contributed by atoms with Crippen LogP contribution in [0.1, 0.15) is 18.2 Å². The molecule has 136 valence electrons. The summed E-state index contributed by atoms with van der Waals surface area (Å²) < 4.78 is 29.1. The topological polar surface area (TPSA) is 69.7 Å². The van der Waals surface area contributed by atoms with E-state index in [-0.39, 0.29) is 19.1 Å². The molecule has 0 spiro atoms. The molecule has 1 fully saturated rings. The molecule has 0 saturated carbocycles. The highest BCUT2D eigenvalue weighted by Crippen LogP contribution is 2.25. The summed E-state index contributed by atoms with van der Waals surface area (Å²) in [6.07, 6.45) is 1.39. The highest BCUT2D eigenvalue weighted by atomic mass is 19.1. The molecule has 2 aromatic heterocycles. The quantitative estimate of drug-likeness (QED) is 0.734. The molecule has 6 nitrogen and oxygen atoms in total. The highest BCUT2D eigenvalue weighted by molar-refractivity contribution is 5.85. The Bertz CT molecular complexity index is 855. The maximum absolute atomic E-state index is 14.7. The average Bonchev–Trinajstić information content (AvgIpc) is 3.14. The van der Waals surface area contributed by atoms with Crippen molar-refractivity contribution < 1.29 is 8.78 Å². The number of likely N-dealkylation sites (tertiary alicyclic amines) is 1. The van der Waals surface area contributed by atoms with Gasteiger partial charge in [-0.15, -0.1) is 0 Å². The Kier molecular flexibility index (Phi) is 4.75. The maximum atomic E-state index is 14.7. The second kappa shape index (κ2) is 7.33. The van der Waals surface area contributed by atoms with Crippen LogP contribution in [0.25, 0.3) is 11.0 Å². The molecule has 2 N–H and O–H groups in total. The molecule has 1 unspecified atom stereocenters. The number of fused-ring (bicyclic) bond motifs is 1. The normalized spacial score (nSPS) is 22.4. The number of nitrogens with zero attached hydrogens (tertiary/aromatic N) is 4. The molecule has 0 radical (unpaired) electrons. The van der Waals surface area contributed by atoms with Crippen LogP contribution in [0.15, 0.2) is 42.9 Å². The molecule has 26 heavy (non-hydrogen) atoms. The molecular weight excluding hydrogens is 338 g/mol. The summed E-state index contributed by atoms with van der Waals surface area (Å²) in [5, 5.41) is 10.6. The molecule has 1 aliphatic rings. The van der Waals surface area contributed by atoms with Crippen molar-refractivity contribution in [3.05, 3.63) is 48.4 Å². The van der Waals surface area contributed by atoms with Gasteiger partial charge in [-0.1, -0.05) is 30.3 Å². The predicted octanol–water partition coefficient (Wildman–Crippen LogP) is 2.89. The van der Waals surface area contributed by atoms with Gasteiger partial charge in [0.25, 0.3) is 0 Å². The van der Waals surface area contributed by atoms with Gasteiger partial charge >= 0.3 is 0 Å². The summed E-state index contributed by atoms with van der Waals surface area (Å²) in [5.74, 6) is 0.567. The van der Waals surface area contributed by atoms with Crippen LogP contribution in [0.3, 0.4) is 0 Å². The van der Waals surface area contributed by atoms with Gasteiger partial charge < -0.3 is 5.32 Å². The number of aromatic amines is 1. The molecule has 3 aromatic rings. The van der Waals surface area contributed by atoms with Gasteiger partial charge in [-0.3, -0.25) is 10.00 Å². The predicted molar refractivity (Wildman–Crippen MR) is 95.3 cm³/mol. The molecule has 1 aromatic carbocycles. The number of nitrogens with one attached hydrogen (secondary N) is 2. The van der Waals surface area contributed by atoms with Gasteiger partial charge in [-0.05, 0) is 12.0 Å². The molecular formula is C18H20F2N6. The first kappa shape index (κ1) is 16.8. The van der Waals surface area contributed by atoms with Crippen LogP contribution in [-0.2, 0) is 0 Å². The summed E-state index contributed by atoms with van der Waals surface area (Å²) >= 11 is 0. The Hall–Kier alpha value is -2.61. The third-order valence-corrected chi connectivity index (χ3v) is 4.78. The number of halogens is 2. The van der Waals surface area contributed by atoms with Crippen molar-refractivity contribution in [2.45, 2.75) is 24.8 Å². The second-order valence-corrected chi connectivity index (χ2v) is 6.55. The number of rotatable bonds is 5. The van der Waals surface area contributed by atoms with Crippen molar-refractivity contribution in [1.29, 1.82) is 0 Å². The van der Waals surface area contributed by atoms with Gasteiger partial charge in [0.05, 0.1) is 17.6 Å². The summed E-state index contributed by atoms with van der Waals surface area (Å²) in [6.45, 7) is 1.03. The van der Waals surface area contributed by atoms with Gasteiger partial charge in [0.1, 0.15) is 24.5 Å². The monoisotopic (exact) mass is 358 g/mol. The second-order valence-electron chi connectivity index (χ2n) is 6.55. The van der Waals surface area contributed by atoms with Crippen molar-refractivity contribution in [1.82, 2.24) is 25.1 Å². The number of H-pyrrole nitrogens is 1. The molecule has 0 aliphatic carbocycles. The van der Waals surface area contributed by atoms with Crippen molar-refractivity contribution in [3.63, 3.8) is 0 Å².